The number of pyridine rings is 1. The number of aromatic nitrogens is 2. The predicted molar refractivity (Wildman–Crippen MR) is 107 cm³/mol. The zero-order valence-corrected chi connectivity index (χ0v) is 15.8. The predicted octanol–water partition coefficient (Wildman–Crippen LogP) is 4.40. The molecule has 4 aromatic rings. The molecule has 1 amide bonds. The van der Waals surface area contributed by atoms with Crippen LogP contribution in [0.1, 0.15) is 28.5 Å². The largest absolute Gasteiger partial charge is 0.319 e. The molecule has 0 N–H and O–H groups in total. The highest BCUT2D eigenvalue weighted by Gasteiger charge is 2.10. The first kappa shape index (κ1) is 16.7. The molecule has 2 aromatic carbocycles. The standard InChI is InChI=1S/C21H19N3OS/c1-4-14-6-5-7-18-19(14)24(3)21(26-18)23-20(25)16-10-11-17-15(12-16)9-8-13(2)22-17/h5-12H,4H2,1-3H3. The Morgan fingerprint density at radius 3 is 2.85 bits per heavy atom. The number of fused-ring (bicyclic) bond motifs is 2. The molecule has 2 aromatic heterocycles. The van der Waals surface area contributed by atoms with E-state index in [0.29, 0.717) is 10.4 Å². The molecule has 0 aliphatic carbocycles. The van der Waals surface area contributed by atoms with Gasteiger partial charge in [0, 0.05) is 23.7 Å². The van der Waals surface area contributed by atoms with Gasteiger partial charge in [-0.15, -0.1) is 0 Å². The van der Waals surface area contributed by atoms with Gasteiger partial charge in [-0.2, -0.15) is 4.99 Å². The third kappa shape index (κ3) is 2.84. The van der Waals surface area contributed by atoms with Gasteiger partial charge in [-0.3, -0.25) is 9.78 Å². The second-order valence-electron chi connectivity index (χ2n) is 6.34. The van der Waals surface area contributed by atoms with Gasteiger partial charge in [0.2, 0.25) is 0 Å². The summed E-state index contributed by atoms with van der Waals surface area (Å²) >= 11 is 1.55. The van der Waals surface area contributed by atoms with Gasteiger partial charge in [-0.05, 0) is 49.2 Å². The first-order valence-corrected chi connectivity index (χ1v) is 9.42. The Balaban J connectivity index is 1.81. The first-order valence-electron chi connectivity index (χ1n) is 8.60. The Labute approximate surface area is 155 Å². The number of rotatable bonds is 2. The number of hydrogen-bond acceptors (Lipinski definition) is 3. The number of hydrogen-bond donors (Lipinski definition) is 0. The van der Waals surface area contributed by atoms with Gasteiger partial charge in [0.15, 0.2) is 4.80 Å². The van der Waals surface area contributed by atoms with E-state index in [0.717, 1.165) is 33.2 Å². The molecule has 0 fully saturated rings. The molecule has 130 valence electrons. The monoisotopic (exact) mass is 361 g/mol. The number of nitrogens with zero attached hydrogens (tertiary/aromatic N) is 3. The highest BCUT2D eigenvalue weighted by Crippen LogP contribution is 2.21. The van der Waals surface area contributed by atoms with Crippen LogP contribution >= 0.6 is 11.3 Å². The maximum absolute atomic E-state index is 12.7. The van der Waals surface area contributed by atoms with Crippen molar-refractivity contribution in [3.63, 3.8) is 0 Å². The van der Waals surface area contributed by atoms with Crippen molar-refractivity contribution in [1.82, 2.24) is 9.55 Å². The van der Waals surface area contributed by atoms with Crippen molar-refractivity contribution in [1.29, 1.82) is 0 Å². The smallest absolute Gasteiger partial charge is 0.279 e. The van der Waals surface area contributed by atoms with Crippen LogP contribution in [-0.4, -0.2) is 15.5 Å². The molecule has 0 atom stereocenters. The second kappa shape index (κ2) is 6.50. The van der Waals surface area contributed by atoms with E-state index in [4.69, 9.17) is 0 Å². The molecule has 0 unspecified atom stereocenters. The summed E-state index contributed by atoms with van der Waals surface area (Å²) in [7, 11) is 1.97. The highest BCUT2D eigenvalue weighted by atomic mass is 32.1. The average molecular weight is 361 g/mol. The van der Waals surface area contributed by atoms with Gasteiger partial charge in [-0.1, -0.05) is 36.5 Å². The van der Waals surface area contributed by atoms with Crippen molar-refractivity contribution in [3.8, 4) is 0 Å². The molecule has 0 aliphatic rings. The molecule has 26 heavy (non-hydrogen) atoms. The molecule has 5 heteroatoms. The first-order chi connectivity index (χ1) is 12.6. The van der Waals surface area contributed by atoms with Crippen molar-refractivity contribution >= 4 is 38.4 Å². The Morgan fingerprint density at radius 2 is 2.04 bits per heavy atom. The maximum atomic E-state index is 12.7. The number of carbonyl (C=O) groups excluding carboxylic acids is 1. The molecule has 0 aliphatic heterocycles. The molecule has 2 heterocycles. The zero-order chi connectivity index (χ0) is 18.3. The minimum absolute atomic E-state index is 0.229. The molecule has 0 bridgehead atoms. The SMILES string of the molecule is CCc1cccc2sc(=NC(=O)c3ccc4nc(C)ccc4c3)n(C)c12. The molecule has 4 rings (SSSR count). The fourth-order valence-corrected chi connectivity index (χ4v) is 4.25. The van der Waals surface area contributed by atoms with Crippen LogP contribution in [0.2, 0.25) is 0 Å². The maximum Gasteiger partial charge on any atom is 0.279 e. The summed E-state index contributed by atoms with van der Waals surface area (Å²) in [6, 6.07) is 15.7. The summed E-state index contributed by atoms with van der Waals surface area (Å²) in [6.07, 6.45) is 0.951. The summed E-state index contributed by atoms with van der Waals surface area (Å²) in [6.45, 7) is 4.10. The normalized spacial score (nSPS) is 12.2. The van der Waals surface area contributed by atoms with Gasteiger partial charge in [0.25, 0.3) is 5.91 Å². The quantitative estimate of drug-likeness (QED) is 0.531. The molecule has 0 saturated heterocycles. The molecular formula is C21H19N3OS. The third-order valence-electron chi connectivity index (χ3n) is 4.56. The van der Waals surface area contributed by atoms with Gasteiger partial charge in [0.1, 0.15) is 0 Å². The Hall–Kier alpha value is -2.79. The van der Waals surface area contributed by atoms with Gasteiger partial charge < -0.3 is 4.57 Å². The van der Waals surface area contributed by atoms with E-state index in [1.54, 1.807) is 17.4 Å². The second-order valence-corrected chi connectivity index (χ2v) is 7.35. The van der Waals surface area contributed by atoms with E-state index < -0.39 is 0 Å². The Bertz CT molecular complexity index is 1220. The summed E-state index contributed by atoms with van der Waals surface area (Å²) in [5.74, 6) is -0.229. The van der Waals surface area contributed by atoms with Crippen LogP contribution < -0.4 is 4.80 Å². The summed E-state index contributed by atoms with van der Waals surface area (Å²) in [5.41, 5.74) is 4.86. The average Bonchev–Trinajstić information content (AvgIpc) is 2.97. The number of amides is 1. The zero-order valence-electron chi connectivity index (χ0n) is 15.0. The van der Waals surface area contributed by atoms with E-state index in [-0.39, 0.29) is 5.91 Å². The lowest BCUT2D eigenvalue weighted by Gasteiger charge is -2.02. The van der Waals surface area contributed by atoms with Crippen LogP contribution in [0.5, 0.6) is 0 Å². The molecule has 0 radical (unpaired) electrons. The van der Waals surface area contributed by atoms with Crippen LogP contribution in [0.4, 0.5) is 0 Å². The van der Waals surface area contributed by atoms with Gasteiger partial charge in [0.05, 0.1) is 15.7 Å². The molecule has 4 nitrogen and oxygen atoms in total. The lowest BCUT2D eigenvalue weighted by Crippen LogP contribution is -2.14. The summed E-state index contributed by atoms with van der Waals surface area (Å²) < 4.78 is 3.17. The fourth-order valence-electron chi connectivity index (χ4n) is 3.19. The summed E-state index contributed by atoms with van der Waals surface area (Å²) in [5, 5.41) is 0.950. The minimum Gasteiger partial charge on any atom is -0.319 e. The molecule has 0 saturated carbocycles. The highest BCUT2D eigenvalue weighted by molar-refractivity contribution is 7.16. The van der Waals surface area contributed by atoms with E-state index >= 15 is 0 Å². The number of carbonyl (C=O) groups is 1. The van der Waals surface area contributed by atoms with E-state index in [2.05, 4.69) is 35.1 Å². The van der Waals surface area contributed by atoms with Crippen molar-refractivity contribution < 1.29 is 4.79 Å². The third-order valence-corrected chi connectivity index (χ3v) is 5.66. The number of benzene rings is 2. The van der Waals surface area contributed by atoms with Crippen LogP contribution in [-0.2, 0) is 13.5 Å². The minimum atomic E-state index is -0.229. The number of aryl methyl sites for hydroxylation is 3. The van der Waals surface area contributed by atoms with E-state index in [1.165, 1.54) is 5.56 Å². The lowest BCUT2D eigenvalue weighted by molar-refractivity contribution is 0.0998. The van der Waals surface area contributed by atoms with Crippen molar-refractivity contribution in [3.05, 3.63) is 70.2 Å². The van der Waals surface area contributed by atoms with E-state index in [1.807, 2.05) is 42.8 Å². The fraction of sp³-hybridized carbons (Fsp3) is 0.190. The van der Waals surface area contributed by atoms with Crippen molar-refractivity contribution in [2.75, 3.05) is 0 Å². The lowest BCUT2D eigenvalue weighted by atomic mass is 10.1. The number of para-hydroxylation sites is 1. The number of thiazole rings is 1. The van der Waals surface area contributed by atoms with Crippen LogP contribution in [0, 0.1) is 6.92 Å². The van der Waals surface area contributed by atoms with Gasteiger partial charge in [-0.25, -0.2) is 0 Å². The van der Waals surface area contributed by atoms with Crippen LogP contribution in [0.15, 0.2) is 53.5 Å². The topological polar surface area (TPSA) is 47.2 Å². The summed E-state index contributed by atoms with van der Waals surface area (Å²) in [4.78, 5) is 22.3. The molecular weight excluding hydrogens is 342 g/mol. The Kier molecular flexibility index (Phi) is 4.17. The van der Waals surface area contributed by atoms with Gasteiger partial charge >= 0.3 is 0 Å². The van der Waals surface area contributed by atoms with Crippen molar-refractivity contribution in [2.45, 2.75) is 20.3 Å². The molecule has 0 spiro atoms. The van der Waals surface area contributed by atoms with Crippen molar-refractivity contribution in [2.24, 2.45) is 12.0 Å². The van der Waals surface area contributed by atoms with Crippen LogP contribution in [0.25, 0.3) is 21.1 Å². The Morgan fingerprint density at radius 1 is 1.19 bits per heavy atom. The van der Waals surface area contributed by atoms with E-state index in [9.17, 15) is 4.79 Å². The van der Waals surface area contributed by atoms with Crippen LogP contribution in [0.3, 0.4) is 0 Å².